The predicted octanol–water partition coefficient (Wildman–Crippen LogP) is 4.29. The second-order valence-electron chi connectivity index (χ2n) is 7.44. The lowest BCUT2D eigenvalue weighted by Gasteiger charge is -2.10. The number of aryl methyl sites for hydroxylation is 2. The number of benzene rings is 2. The molecular formula is C23H21N5O3S2. The van der Waals surface area contributed by atoms with Crippen LogP contribution in [-0.4, -0.2) is 32.4 Å². The molecule has 0 atom stereocenters. The number of nitrogens with one attached hydrogen (secondary N) is 1. The van der Waals surface area contributed by atoms with Gasteiger partial charge in [-0.1, -0.05) is 36.0 Å². The summed E-state index contributed by atoms with van der Waals surface area (Å²) in [7, 11) is 0. The van der Waals surface area contributed by atoms with Crippen molar-refractivity contribution in [2.24, 2.45) is 0 Å². The molecule has 5 rings (SSSR count). The van der Waals surface area contributed by atoms with Gasteiger partial charge in [0, 0.05) is 11.9 Å². The third-order valence-electron chi connectivity index (χ3n) is 5.15. The van der Waals surface area contributed by atoms with E-state index in [0.717, 1.165) is 38.6 Å². The molecule has 4 aromatic rings. The zero-order valence-electron chi connectivity index (χ0n) is 18.1. The van der Waals surface area contributed by atoms with Crippen LogP contribution in [0.5, 0.6) is 11.5 Å². The fraction of sp³-hybridized carbons (Fsp3) is 0.217. The molecule has 0 radical (unpaired) electrons. The van der Waals surface area contributed by atoms with Gasteiger partial charge in [-0.3, -0.25) is 9.36 Å². The monoisotopic (exact) mass is 479 g/mol. The van der Waals surface area contributed by atoms with Crippen LogP contribution in [0.1, 0.15) is 32.4 Å². The van der Waals surface area contributed by atoms with Gasteiger partial charge in [0.2, 0.25) is 6.79 Å². The minimum Gasteiger partial charge on any atom is -0.454 e. The number of thiazole rings is 1. The Morgan fingerprint density at radius 1 is 1.15 bits per heavy atom. The highest BCUT2D eigenvalue weighted by Crippen LogP contribution is 2.32. The number of ether oxygens (including phenoxy) is 2. The van der Waals surface area contributed by atoms with Crippen molar-refractivity contribution >= 4 is 29.0 Å². The maximum atomic E-state index is 12.6. The van der Waals surface area contributed by atoms with Crippen LogP contribution in [0, 0.1) is 13.8 Å². The van der Waals surface area contributed by atoms with Gasteiger partial charge in [0.1, 0.15) is 16.5 Å². The number of amides is 1. The SMILES string of the molecule is Cc1ccccc1-n1c(C)nnc1SCc1nc(C(=O)NCc2ccc3c(c2)OCO3)cs1. The minimum atomic E-state index is -0.209. The van der Waals surface area contributed by atoms with Crippen LogP contribution in [0.2, 0.25) is 0 Å². The van der Waals surface area contributed by atoms with Gasteiger partial charge in [0.05, 0.1) is 11.4 Å². The summed E-state index contributed by atoms with van der Waals surface area (Å²) in [5, 5.41) is 14.9. The second kappa shape index (κ2) is 9.24. The van der Waals surface area contributed by atoms with Crippen molar-refractivity contribution in [3.8, 4) is 17.2 Å². The van der Waals surface area contributed by atoms with Crippen LogP contribution in [0.4, 0.5) is 0 Å². The molecule has 0 aliphatic carbocycles. The average Bonchev–Trinajstić information content (AvgIpc) is 3.56. The molecule has 1 aliphatic rings. The number of thioether (sulfide) groups is 1. The molecule has 1 amide bonds. The van der Waals surface area contributed by atoms with Gasteiger partial charge in [-0.15, -0.1) is 21.5 Å². The fourth-order valence-electron chi connectivity index (χ4n) is 3.46. The molecule has 0 fully saturated rings. The van der Waals surface area contributed by atoms with Gasteiger partial charge < -0.3 is 14.8 Å². The van der Waals surface area contributed by atoms with Crippen molar-refractivity contribution in [3.05, 3.63) is 75.5 Å². The van der Waals surface area contributed by atoms with Crippen LogP contribution in [-0.2, 0) is 12.3 Å². The second-order valence-corrected chi connectivity index (χ2v) is 9.32. The molecule has 0 unspecified atom stereocenters. The molecule has 33 heavy (non-hydrogen) atoms. The summed E-state index contributed by atoms with van der Waals surface area (Å²) < 4.78 is 12.7. The third-order valence-corrected chi connectivity index (χ3v) is 7.12. The van der Waals surface area contributed by atoms with Crippen molar-refractivity contribution in [1.82, 2.24) is 25.1 Å². The lowest BCUT2D eigenvalue weighted by atomic mass is 10.2. The largest absolute Gasteiger partial charge is 0.454 e. The molecule has 0 bridgehead atoms. The van der Waals surface area contributed by atoms with Crippen molar-refractivity contribution in [2.45, 2.75) is 31.3 Å². The van der Waals surface area contributed by atoms with E-state index in [4.69, 9.17) is 9.47 Å². The van der Waals surface area contributed by atoms with E-state index in [1.54, 1.807) is 17.1 Å². The zero-order valence-corrected chi connectivity index (χ0v) is 19.7. The van der Waals surface area contributed by atoms with Gasteiger partial charge in [0.25, 0.3) is 5.91 Å². The number of carbonyl (C=O) groups excluding carboxylic acids is 1. The molecular weight excluding hydrogens is 458 g/mol. The number of hydrogen-bond donors (Lipinski definition) is 1. The summed E-state index contributed by atoms with van der Waals surface area (Å²) >= 11 is 3.01. The van der Waals surface area contributed by atoms with Crippen molar-refractivity contribution in [3.63, 3.8) is 0 Å². The topological polar surface area (TPSA) is 91.2 Å². The van der Waals surface area contributed by atoms with E-state index in [1.807, 2.05) is 41.8 Å². The number of rotatable bonds is 7. The van der Waals surface area contributed by atoms with Crippen molar-refractivity contribution < 1.29 is 14.3 Å². The minimum absolute atomic E-state index is 0.209. The highest BCUT2D eigenvalue weighted by atomic mass is 32.2. The number of para-hydroxylation sites is 1. The van der Waals surface area contributed by atoms with E-state index in [0.29, 0.717) is 23.7 Å². The first-order valence-corrected chi connectivity index (χ1v) is 12.2. The van der Waals surface area contributed by atoms with Gasteiger partial charge in [0.15, 0.2) is 16.7 Å². The first-order valence-electron chi connectivity index (χ1n) is 10.3. The Balaban J connectivity index is 1.21. The number of nitrogens with zero attached hydrogens (tertiary/aromatic N) is 4. The normalized spacial score (nSPS) is 12.2. The van der Waals surface area contributed by atoms with E-state index in [1.165, 1.54) is 11.3 Å². The Kier molecular flexibility index (Phi) is 6.01. The summed E-state index contributed by atoms with van der Waals surface area (Å²) in [5.41, 5.74) is 3.56. The number of fused-ring (bicyclic) bond motifs is 1. The van der Waals surface area contributed by atoms with Gasteiger partial charge in [-0.25, -0.2) is 4.98 Å². The van der Waals surface area contributed by atoms with Crippen LogP contribution in [0.15, 0.2) is 53.0 Å². The smallest absolute Gasteiger partial charge is 0.271 e. The molecule has 1 N–H and O–H groups in total. The first kappa shape index (κ1) is 21.5. The van der Waals surface area contributed by atoms with Crippen LogP contribution in [0.25, 0.3) is 5.69 Å². The Morgan fingerprint density at radius 3 is 2.88 bits per heavy atom. The summed E-state index contributed by atoms with van der Waals surface area (Å²) in [5.74, 6) is 2.64. The third kappa shape index (κ3) is 4.57. The highest BCUT2D eigenvalue weighted by molar-refractivity contribution is 7.98. The zero-order chi connectivity index (χ0) is 22.8. The van der Waals surface area contributed by atoms with Crippen molar-refractivity contribution in [2.75, 3.05) is 6.79 Å². The van der Waals surface area contributed by atoms with E-state index in [2.05, 4.69) is 39.6 Å². The molecule has 0 saturated carbocycles. The number of aromatic nitrogens is 4. The van der Waals surface area contributed by atoms with E-state index in [9.17, 15) is 4.79 Å². The van der Waals surface area contributed by atoms with E-state index >= 15 is 0 Å². The predicted molar refractivity (Wildman–Crippen MR) is 126 cm³/mol. The number of hydrogen-bond acceptors (Lipinski definition) is 8. The Bertz CT molecular complexity index is 1320. The molecule has 3 heterocycles. The molecule has 10 heteroatoms. The van der Waals surface area contributed by atoms with Crippen LogP contribution >= 0.6 is 23.1 Å². The van der Waals surface area contributed by atoms with E-state index in [-0.39, 0.29) is 12.7 Å². The summed E-state index contributed by atoms with van der Waals surface area (Å²) in [6, 6.07) is 13.8. The van der Waals surface area contributed by atoms with E-state index < -0.39 is 0 Å². The maximum Gasteiger partial charge on any atom is 0.271 e. The Hall–Kier alpha value is -3.37. The Labute approximate surface area is 199 Å². The van der Waals surface area contributed by atoms with Crippen LogP contribution < -0.4 is 14.8 Å². The lowest BCUT2D eigenvalue weighted by molar-refractivity contribution is 0.0946. The standard InChI is InChI=1S/C23H21N5O3S2/c1-14-5-3-4-6-18(14)28-15(2)26-27-23(28)33-12-21-25-17(11-32-21)22(29)24-10-16-7-8-19-20(9-16)31-13-30-19/h3-9,11H,10,12-13H2,1-2H3,(H,24,29). The summed E-state index contributed by atoms with van der Waals surface area (Å²) in [4.78, 5) is 17.1. The quantitative estimate of drug-likeness (QED) is 0.395. The van der Waals surface area contributed by atoms with Gasteiger partial charge in [-0.05, 0) is 43.2 Å². The molecule has 1 aliphatic heterocycles. The number of carbonyl (C=O) groups is 1. The van der Waals surface area contributed by atoms with Crippen molar-refractivity contribution in [1.29, 1.82) is 0 Å². The first-order chi connectivity index (χ1) is 16.1. The molecule has 168 valence electrons. The molecule has 2 aromatic carbocycles. The summed E-state index contributed by atoms with van der Waals surface area (Å²) in [6.45, 7) is 4.62. The maximum absolute atomic E-state index is 12.6. The molecule has 8 nitrogen and oxygen atoms in total. The summed E-state index contributed by atoms with van der Waals surface area (Å²) in [6.07, 6.45) is 0. The lowest BCUT2D eigenvalue weighted by Crippen LogP contribution is -2.23. The fourth-order valence-corrected chi connectivity index (χ4v) is 5.24. The van der Waals surface area contributed by atoms with Crippen LogP contribution in [0.3, 0.4) is 0 Å². The highest BCUT2D eigenvalue weighted by Gasteiger charge is 2.17. The van der Waals surface area contributed by atoms with Gasteiger partial charge >= 0.3 is 0 Å². The Morgan fingerprint density at radius 2 is 2.00 bits per heavy atom. The molecule has 0 spiro atoms. The van der Waals surface area contributed by atoms with Gasteiger partial charge in [-0.2, -0.15) is 0 Å². The average molecular weight is 480 g/mol. The molecule has 2 aromatic heterocycles. The molecule has 0 saturated heterocycles.